The van der Waals surface area contributed by atoms with Crippen LogP contribution in [0.15, 0.2) is 46.9 Å². The lowest BCUT2D eigenvalue weighted by Gasteiger charge is -2.23. The van der Waals surface area contributed by atoms with Crippen LogP contribution in [0.2, 0.25) is 0 Å². The number of rotatable bonds is 4. The molecular formula is C15H14BrFN2O2. The first-order chi connectivity index (χ1) is 10.0. The number of carbonyl (C=O) groups excluding carboxylic acids is 1. The molecule has 4 nitrogen and oxygen atoms in total. The van der Waals surface area contributed by atoms with Gasteiger partial charge in [-0.15, -0.1) is 0 Å². The van der Waals surface area contributed by atoms with Crippen LogP contribution in [0.4, 0.5) is 15.8 Å². The monoisotopic (exact) mass is 352 g/mol. The maximum absolute atomic E-state index is 13.3. The number of aliphatic hydroxyl groups excluding tert-OH is 1. The summed E-state index contributed by atoms with van der Waals surface area (Å²) in [7, 11) is 0. The SMILES string of the molecule is Nc1ccccc1N(CCO)C(=O)c1ccc(F)c(Br)c1. The first kappa shape index (κ1) is 15.5. The van der Waals surface area contributed by atoms with Gasteiger partial charge in [0.1, 0.15) is 5.82 Å². The second-order valence-electron chi connectivity index (χ2n) is 4.37. The number of nitrogens with zero attached hydrogens (tertiary/aromatic N) is 1. The van der Waals surface area contributed by atoms with Crippen LogP contribution in [0.1, 0.15) is 10.4 Å². The molecule has 0 saturated carbocycles. The summed E-state index contributed by atoms with van der Waals surface area (Å²) in [5, 5.41) is 9.18. The fourth-order valence-electron chi connectivity index (χ4n) is 1.95. The highest BCUT2D eigenvalue weighted by Gasteiger charge is 2.19. The zero-order valence-electron chi connectivity index (χ0n) is 11.1. The van der Waals surface area contributed by atoms with Crippen LogP contribution < -0.4 is 10.6 Å². The molecule has 0 fully saturated rings. The van der Waals surface area contributed by atoms with Crippen LogP contribution >= 0.6 is 15.9 Å². The molecule has 0 atom stereocenters. The van der Waals surface area contributed by atoms with Gasteiger partial charge in [0.05, 0.1) is 22.5 Å². The van der Waals surface area contributed by atoms with E-state index in [1.54, 1.807) is 24.3 Å². The van der Waals surface area contributed by atoms with Gasteiger partial charge in [-0.05, 0) is 46.3 Å². The number of benzene rings is 2. The summed E-state index contributed by atoms with van der Waals surface area (Å²) < 4.78 is 13.5. The van der Waals surface area contributed by atoms with Gasteiger partial charge in [0.15, 0.2) is 0 Å². The summed E-state index contributed by atoms with van der Waals surface area (Å²) in [6.45, 7) is -0.107. The minimum absolute atomic E-state index is 0.0992. The topological polar surface area (TPSA) is 66.6 Å². The van der Waals surface area contributed by atoms with Crippen molar-refractivity contribution in [3.8, 4) is 0 Å². The van der Waals surface area contributed by atoms with Crippen molar-refractivity contribution < 1.29 is 14.3 Å². The zero-order chi connectivity index (χ0) is 15.4. The summed E-state index contributed by atoms with van der Waals surface area (Å²) in [6.07, 6.45) is 0. The van der Waals surface area contributed by atoms with Crippen molar-refractivity contribution in [3.05, 3.63) is 58.3 Å². The van der Waals surface area contributed by atoms with E-state index in [9.17, 15) is 14.3 Å². The molecule has 2 rings (SSSR count). The number of amides is 1. The molecule has 0 radical (unpaired) electrons. The van der Waals surface area contributed by atoms with E-state index in [1.807, 2.05) is 0 Å². The van der Waals surface area contributed by atoms with Gasteiger partial charge in [-0.25, -0.2) is 4.39 Å². The molecule has 6 heteroatoms. The van der Waals surface area contributed by atoms with Crippen molar-refractivity contribution in [2.45, 2.75) is 0 Å². The van der Waals surface area contributed by atoms with Crippen LogP contribution in [0.3, 0.4) is 0 Å². The van der Waals surface area contributed by atoms with Crippen LogP contribution in [-0.2, 0) is 0 Å². The predicted molar refractivity (Wildman–Crippen MR) is 83.7 cm³/mol. The molecule has 0 aliphatic rings. The molecule has 0 spiro atoms. The second kappa shape index (κ2) is 6.69. The first-order valence-electron chi connectivity index (χ1n) is 6.27. The lowest BCUT2D eigenvalue weighted by atomic mass is 10.1. The third kappa shape index (κ3) is 3.40. The highest BCUT2D eigenvalue weighted by molar-refractivity contribution is 9.10. The Morgan fingerprint density at radius 2 is 2.00 bits per heavy atom. The van der Waals surface area contributed by atoms with Crippen LogP contribution in [-0.4, -0.2) is 24.2 Å². The van der Waals surface area contributed by atoms with Crippen molar-refractivity contribution in [1.82, 2.24) is 0 Å². The summed E-state index contributed by atoms with van der Waals surface area (Å²) in [5.41, 5.74) is 7.12. The van der Waals surface area contributed by atoms with E-state index in [1.165, 1.54) is 23.1 Å². The molecule has 3 N–H and O–H groups in total. The van der Waals surface area contributed by atoms with Gasteiger partial charge in [-0.1, -0.05) is 12.1 Å². The molecule has 0 unspecified atom stereocenters. The summed E-state index contributed by atoms with van der Waals surface area (Å²) in [6, 6.07) is 10.9. The molecule has 21 heavy (non-hydrogen) atoms. The first-order valence-corrected chi connectivity index (χ1v) is 7.06. The largest absolute Gasteiger partial charge is 0.397 e. The summed E-state index contributed by atoms with van der Waals surface area (Å²) >= 11 is 3.05. The Hall–Kier alpha value is -1.92. The maximum Gasteiger partial charge on any atom is 0.258 e. The van der Waals surface area contributed by atoms with E-state index in [2.05, 4.69) is 15.9 Å². The van der Waals surface area contributed by atoms with Crippen molar-refractivity contribution in [1.29, 1.82) is 0 Å². The van der Waals surface area contributed by atoms with E-state index < -0.39 is 5.82 Å². The Labute approximate surface area is 130 Å². The number of nitrogens with two attached hydrogens (primary N) is 1. The van der Waals surface area contributed by atoms with Crippen molar-refractivity contribution >= 4 is 33.2 Å². The predicted octanol–water partition coefficient (Wildman–Crippen LogP) is 2.81. The number of halogens is 2. The number of para-hydroxylation sites is 2. The number of hydrogen-bond donors (Lipinski definition) is 2. The Bertz CT molecular complexity index is 664. The molecule has 110 valence electrons. The molecule has 0 heterocycles. The Balaban J connectivity index is 2.40. The number of anilines is 2. The van der Waals surface area contributed by atoms with Gasteiger partial charge < -0.3 is 15.7 Å². The minimum Gasteiger partial charge on any atom is -0.397 e. The van der Waals surface area contributed by atoms with Crippen molar-refractivity contribution in [2.75, 3.05) is 23.8 Å². The Morgan fingerprint density at radius 3 is 2.62 bits per heavy atom. The highest BCUT2D eigenvalue weighted by atomic mass is 79.9. The fraction of sp³-hybridized carbons (Fsp3) is 0.133. The smallest absolute Gasteiger partial charge is 0.258 e. The lowest BCUT2D eigenvalue weighted by molar-refractivity contribution is 0.0981. The average molecular weight is 353 g/mol. The number of nitrogen functional groups attached to an aromatic ring is 1. The van der Waals surface area contributed by atoms with Crippen LogP contribution in [0, 0.1) is 5.82 Å². The highest BCUT2D eigenvalue weighted by Crippen LogP contribution is 2.25. The quantitative estimate of drug-likeness (QED) is 0.831. The van der Waals surface area contributed by atoms with Crippen LogP contribution in [0.25, 0.3) is 0 Å². The molecule has 0 bridgehead atoms. The number of hydrogen-bond acceptors (Lipinski definition) is 3. The fourth-order valence-corrected chi connectivity index (χ4v) is 2.33. The Morgan fingerprint density at radius 1 is 1.29 bits per heavy atom. The van der Waals surface area contributed by atoms with Crippen molar-refractivity contribution in [3.63, 3.8) is 0 Å². The van der Waals surface area contributed by atoms with E-state index >= 15 is 0 Å². The molecule has 2 aromatic carbocycles. The second-order valence-corrected chi connectivity index (χ2v) is 5.22. The average Bonchev–Trinajstić information content (AvgIpc) is 2.48. The third-order valence-electron chi connectivity index (χ3n) is 2.96. The van der Waals surface area contributed by atoms with E-state index in [4.69, 9.17) is 5.73 Å². The van der Waals surface area contributed by atoms with Gasteiger partial charge in [-0.2, -0.15) is 0 Å². The molecule has 0 saturated heterocycles. The van der Waals surface area contributed by atoms with Gasteiger partial charge >= 0.3 is 0 Å². The van der Waals surface area contributed by atoms with E-state index in [0.717, 1.165) is 0 Å². The minimum atomic E-state index is -0.445. The van der Waals surface area contributed by atoms with Gasteiger partial charge in [-0.3, -0.25) is 4.79 Å². The zero-order valence-corrected chi connectivity index (χ0v) is 12.7. The molecular weight excluding hydrogens is 339 g/mol. The summed E-state index contributed by atoms with van der Waals surface area (Å²) in [5.74, 6) is -0.804. The number of aliphatic hydroxyl groups is 1. The van der Waals surface area contributed by atoms with Gasteiger partial charge in [0, 0.05) is 12.1 Å². The molecule has 0 aliphatic carbocycles. The standard InChI is InChI=1S/C15H14BrFN2O2/c16-11-9-10(5-6-12(11)17)15(21)19(7-8-20)14-4-2-1-3-13(14)18/h1-6,9,20H,7-8,18H2. The lowest BCUT2D eigenvalue weighted by Crippen LogP contribution is -2.34. The van der Waals surface area contributed by atoms with E-state index in [0.29, 0.717) is 16.9 Å². The normalized spacial score (nSPS) is 10.4. The van der Waals surface area contributed by atoms with Gasteiger partial charge in [0.2, 0.25) is 0 Å². The van der Waals surface area contributed by atoms with E-state index in [-0.39, 0.29) is 23.5 Å². The molecule has 0 aliphatic heterocycles. The molecule has 2 aromatic rings. The maximum atomic E-state index is 13.3. The Kier molecular flexibility index (Phi) is 4.93. The molecule has 1 amide bonds. The summed E-state index contributed by atoms with van der Waals surface area (Å²) in [4.78, 5) is 13.9. The molecule has 0 aromatic heterocycles. The van der Waals surface area contributed by atoms with Gasteiger partial charge in [0.25, 0.3) is 5.91 Å². The van der Waals surface area contributed by atoms with Crippen molar-refractivity contribution in [2.24, 2.45) is 0 Å². The van der Waals surface area contributed by atoms with Crippen LogP contribution in [0.5, 0.6) is 0 Å². The third-order valence-corrected chi connectivity index (χ3v) is 3.57. The number of carbonyl (C=O) groups is 1.